The van der Waals surface area contributed by atoms with E-state index in [0.717, 1.165) is 0 Å². The third-order valence-electron chi connectivity index (χ3n) is 2.84. The summed E-state index contributed by atoms with van der Waals surface area (Å²) in [6.45, 7) is 5.42. The van der Waals surface area contributed by atoms with Crippen molar-refractivity contribution in [2.45, 2.75) is 58.0 Å². The minimum atomic E-state index is -3.46. The average molecular weight is 262 g/mol. The van der Waals surface area contributed by atoms with Gasteiger partial charge in [0.2, 0.25) is 0 Å². The molecule has 1 rings (SSSR count). The van der Waals surface area contributed by atoms with Crippen molar-refractivity contribution >= 4 is 16.0 Å². The van der Waals surface area contributed by atoms with Crippen molar-refractivity contribution in [3.63, 3.8) is 0 Å². The Bertz CT molecular complexity index is 374. The lowest BCUT2D eigenvalue weighted by Crippen LogP contribution is -2.51. The first-order valence-electron chi connectivity index (χ1n) is 5.90. The van der Waals surface area contributed by atoms with Crippen LogP contribution in [0.1, 0.15) is 46.5 Å². The smallest absolute Gasteiger partial charge is 0.279 e. The summed E-state index contributed by atoms with van der Waals surface area (Å²) in [6.07, 6.45) is 2.22. The van der Waals surface area contributed by atoms with E-state index in [1.165, 1.54) is 4.31 Å². The van der Waals surface area contributed by atoms with Crippen molar-refractivity contribution in [2.75, 3.05) is 7.05 Å². The first-order chi connectivity index (χ1) is 7.62. The Hall–Kier alpha value is -0.460. The highest BCUT2D eigenvalue weighted by Crippen LogP contribution is 2.21. The summed E-state index contributed by atoms with van der Waals surface area (Å²) in [4.78, 5) is 11.1. The van der Waals surface area contributed by atoms with Gasteiger partial charge in [0.05, 0.1) is 0 Å². The summed E-state index contributed by atoms with van der Waals surface area (Å²) in [5.74, 6) is 0.232. The molecule has 1 N–H and O–H groups in total. The fourth-order valence-corrected chi connectivity index (χ4v) is 3.46. The van der Waals surface area contributed by atoms with Gasteiger partial charge in [-0.3, -0.25) is 4.79 Å². The Morgan fingerprint density at radius 1 is 1.24 bits per heavy atom. The second-order valence-corrected chi connectivity index (χ2v) is 7.37. The largest absolute Gasteiger partial charge is 0.300 e. The monoisotopic (exact) mass is 262 g/mol. The van der Waals surface area contributed by atoms with E-state index in [9.17, 15) is 13.2 Å². The fraction of sp³-hybridized carbons (Fsp3) is 0.909. The highest BCUT2D eigenvalue weighted by molar-refractivity contribution is 7.87. The van der Waals surface area contributed by atoms with Crippen molar-refractivity contribution in [1.29, 1.82) is 0 Å². The van der Waals surface area contributed by atoms with E-state index in [-0.39, 0.29) is 11.8 Å². The van der Waals surface area contributed by atoms with Gasteiger partial charge in [-0.05, 0) is 33.6 Å². The Balaban J connectivity index is 2.69. The van der Waals surface area contributed by atoms with Crippen LogP contribution in [-0.2, 0) is 15.0 Å². The molecule has 0 aromatic rings. The summed E-state index contributed by atoms with van der Waals surface area (Å²) in [5.41, 5.74) is -0.489. The number of nitrogens with zero attached hydrogens (tertiary/aromatic N) is 1. The molecule has 1 fully saturated rings. The van der Waals surface area contributed by atoms with Crippen LogP contribution in [0.25, 0.3) is 0 Å². The lowest BCUT2D eigenvalue weighted by atomic mass is 9.95. The molecule has 0 saturated heterocycles. The number of hydrogen-bond acceptors (Lipinski definition) is 3. The highest BCUT2D eigenvalue weighted by atomic mass is 32.2. The van der Waals surface area contributed by atoms with Gasteiger partial charge in [0.1, 0.15) is 5.78 Å². The minimum Gasteiger partial charge on any atom is -0.300 e. The SMILES string of the molecule is CN(C1CCC(=O)CC1)S(=O)(=O)NC(C)(C)C. The fourth-order valence-electron chi connectivity index (χ4n) is 1.94. The van der Waals surface area contributed by atoms with E-state index in [4.69, 9.17) is 0 Å². The molecule has 17 heavy (non-hydrogen) atoms. The maximum absolute atomic E-state index is 12.1. The van der Waals surface area contributed by atoms with Crippen LogP contribution in [0, 0.1) is 0 Å². The molecule has 0 aromatic carbocycles. The molecule has 0 bridgehead atoms. The molecule has 5 nitrogen and oxygen atoms in total. The number of nitrogens with one attached hydrogen (secondary N) is 1. The second-order valence-electron chi connectivity index (χ2n) is 5.64. The van der Waals surface area contributed by atoms with Gasteiger partial charge in [0, 0.05) is 31.5 Å². The molecule has 0 heterocycles. The van der Waals surface area contributed by atoms with Crippen molar-refractivity contribution in [2.24, 2.45) is 0 Å². The Morgan fingerprint density at radius 2 is 1.71 bits per heavy atom. The standard InChI is InChI=1S/C11H22N2O3S/c1-11(2,3)12-17(15,16)13(4)9-5-7-10(14)8-6-9/h9,12H,5-8H2,1-4H3. The van der Waals surface area contributed by atoms with E-state index < -0.39 is 15.7 Å². The van der Waals surface area contributed by atoms with Crippen LogP contribution in [-0.4, -0.2) is 37.1 Å². The third kappa shape index (κ3) is 4.37. The van der Waals surface area contributed by atoms with Gasteiger partial charge in [0.25, 0.3) is 10.2 Å². The van der Waals surface area contributed by atoms with Gasteiger partial charge >= 0.3 is 0 Å². The van der Waals surface area contributed by atoms with Gasteiger partial charge < -0.3 is 0 Å². The summed E-state index contributed by atoms with van der Waals surface area (Å²) in [5, 5.41) is 0. The summed E-state index contributed by atoms with van der Waals surface area (Å²) in [7, 11) is -1.89. The van der Waals surface area contributed by atoms with E-state index in [1.54, 1.807) is 7.05 Å². The summed E-state index contributed by atoms with van der Waals surface area (Å²) >= 11 is 0. The zero-order valence-electron chi connectivity index (χ0n) is 11.0. The van der Waals surface area contributed by atoms with Crippen molar-refractivity contribution < 1.29 is 13.2 Å². The number of Topliss-reactive ketones (excluding diaryl/α,β-unsaturated/α-hetero) is 1. The van der Waals surface area contributed by atoms with Crippen LogP contribution in [0.3, 0.4) is 0 Å². The van der Waals surface area contributed by atoms with Crippen LogP contribution in [0.4, 0.5) is 0 Å². The normalized spacial score (nSPS) is 19.9. The number of hydrogen-bond donors (Lipinski definition) is 1. The molecule has 1 aliphatic carbocycles. The summed E-state index contributed by atoms with van der Waals surface area (Å²) < 4.78 is 28.1. The molecule has 6 heteroatoms. The summed E-state index contributed by atoms with van der Waals surface area (Å²) in [6, 6.07) is -0.0625. The maximum Gasteiger partial charge on any atom is 0.279 e. The van der Waals surface area contributed by atoms with Crippen LogP contribution in [0.2, 0.25) is 0 Å². The molecule has 1 saturated carbocycles. The zero-order chi connectivity index (χ0) is 13.3. The lowest BCUT2D eigenvalue weighted by molar-refractivity contribution is -0.120. The molecule has 0 spiro atoms. The van der Waals surface area contributed by atoms with Crippen LogP contribution >= 0.6 is 0 Å². The first-order valence-corrected chi connectivity index (χ1v) is 7.34. The van der Waals surface area contributed by atoms with E-state index in [1.807, 2.05) is 20.8 Å². The third-order valence-corrected chi connectivity index (χ3v) is 4.77. The number of ketones is 1. The molecule has 0 aromatic heterocycles. The van der Waals surface area contributed by atoms with Crippen molar-refractivity contribution in [3.05, 3.63) is 0 Å². The van der Waals surface area contributed by atoms with Gasteiger partial charge in [-0.25, -0.2) is 0 Å². The van der Waals surface area contributed by atoms with Crippen LogP contribution in [0.15, 0.2) is 0 Å². The quantitative estimate of drug-likeness (QED) is 0.827. The Morgan fingerprint density at radius 3 is 2.12 bits per heavy atom. The van der Waals surface area contributed by atoms with E-state index in [2.05, 4.69) is 4.72 Å². The van der Waals surface area contributed by atoms with Gasteiger partial charge in [-0.1, -0.05) is 0 Å². The molecule has 0 atom stereocenters. The minimum absolute atomic E-state index is 0.0625. The second kappa shape index (κ2) is 5.04. The van der Waals surface area contributed by atoms with Gasteiger partial charge in [0.15, 0.2) is 0 Å². The van der Waals surface area contributed by atoms with Crippen LogP contribution < -0.4 is 4.72 Å². The predicted molar refractivity (Wildman–Crippen MR) is 66.8 cm³/mol. The molecule has 0 radical (unpaired) electrons. The lowest BCUT2D eigenvalue weighted by Gasteiger charge is -2.32. The number of carbonyl (C=O) groups excluding carboxylic acids is 1. The molecule has 0 amide bonds. The molecule has 0 unspecified atom stereocenters. The predicted octanol–water partition coefficient (Wildman–Crippen LogP) is 1.06. The topological polar surface area (TPSA) is 66.5 Å². The Labute approximate surface area is 104 Å². The average Bonchev–Trinajstić information content (AvgIpc) is 2.14. The van der Waals surface area contributed by atoms with Gasteiger partial charge in [-0.15, -0.1) is 0 Å². The molecule has 100 valence electrons. The molecule has 0 aliphatic heterocycles. The maximum atomic E-state index is 12.1. The molecular weight excluding hydrogens is 240 g/mol. The highest BCUT2D eigenvalue weighted by Gasteiger charge is 2.31. The molecule has 1 aliphatic rings. The number of carbonyl (C=O) groups is 1. The van der Waals surface area contributed by atoms with Crippen molar-refractivity contribution in [1.82, 2.24) is 9.03 Å². The Kier molecular flexibility index (Phi) is 4.33. The molecular formula is C11H22N2O3S. The van der Waals surface area contributed by atoms with Gasteiger partial charge in [-0.2, -0.15) is 17.4 Å². The first kappa shape index (κ1) is 14.6. The van der Waals surface area contributed by atoms with E-state index in [0.29, 0.717) is 25.7 Å². The van der Waals surface area contributed by atoms with E-state index >= 15 is 0 Å². The van der Waals surface area contributed by atoms with Crippen LogP contribution in [0.5, 0.6) is 0 Å². The number of rotatable bonds is 3. The zero-order valence-corrected chi connectivity index (χ0v) is 11.8. The van der Waals surface area contributed by atoms with Crippen molar-refractivity contribution in [3.8, 4) is 0 Å².